The Labute approximate surface area is 200 Å². The Morgan fingerprint density at radius 2 is 1.56 bits per heavy atom. The normalized spacial score (nSPS) is 10.6. The number of rotatable bonds is 8. The summed E-state index contributed by atoms with van der Waals surface area (Å²) < 4.78 is 5.61. The molecule has 0 saturated heterocycles. The predicted molar refractivity (Wildman–Crippen MR) is 138 cm³/mol. The second-order valence-electron chi connectivity index (χ2n) is 7.96. The number of carbonyl (C=O) groups is 2. The minimum absolute atomic E-state index is 0.0856. The smallest absolute Gasteiger partial charge is 0.258 e. The SMILES string of the molecule is CCCOc1cccc(C(=O)Nc2ccc(C(=O)N(CC)c3cccc4ccccc34)cc2)c1. The first kappa shape index (κ1) is 23.1. The molecule has 0 radical (unpaired) electrons. The van der Waals surface area contributed by atoms with Crippen LogP contribution in [0.25, 0.3) is 10.8 Å². The minimum atomic E-state index is -0.230. The monoisotopic (exact) mass is 452 g/mol. The zero-order valence-corrected chi connectivity index (χ0v) is 19.5. The lowest BCUT2D eigenvalue weighted by molar-refractivity contribution is 0.0987. The van der Waals surface area contributed by atoms with Gasteiger partial charge in [0.1, 0.15) is 5.75 Å². The number of nitrogens with one attached hydrogen (secondary N) is 1. The number of amides is 2. The molecule has 5 nitrogen and oxygen atoms in total. The molecular weight excluding hydrogens is 424 g/mol. The molecule has 0 unspecified atom stereocenters. The zero-order chi connectivity index (χ0) is 23.9. The van der Waals surface area contributed by atoms with Crippen LogP contribution in [0.5, 0.6) is 5.75 Å². The molecule has 4 aromatic carbocycles. The Morgan fingerprint density at radius 3 is 2.32 bits per heavy atom. The van der Waals surface area contributed by atoms with E-state index in [-0.39, 0.29) is 11.8 Å². The van der Waals surface area contributed by atoms with Gasteiger partial charge in [-0.3, -0.25) is 9.59 Å². The lowest BCUT2D eigenvalue weighted by atomic mass is 10.1. The van der Waals surface area contributed by atoms with Crippen LogP contribution in [0.1, 0.15) is 41.0 Å². The number of benzene rings is 4. The van der Waals surface area contributed by atoms with E-state index in [1.807, 2.05) is 62.4 Å². The van der Waals surface area contributed by atoms with Crippen molar-refractivity contribution in [3.05, 3.63) is 102 Å². The van der Waals surface area contributed by atoms with Crippen molar-refractivity contribution >= 4 is 34.0 Å². The van der Waals surface area contributed by atoms with Crippen LogP contribution in [-0.2, 0) is 0 Å². The summed E-state index contributed by atoms with van der Waals surface area (Å²) in [6.07, 6.45) is 0.900. The van der Waals surface area contributed by atoms with Gasteiger partial charge in [0.25, 0.3) is 11.8 Å². The summed E-state index contributed by atoms with van der Waals surface area (Å²) in [5.74, 6) is 0.355. The average molecular weight is 453 g/mol. The van der Waals surface area contributed by atoms with Crippen molar-refractivity contribution in [2.45, 2.75) is 20.3 Å². The highest BCUT2D eigenvalue weighted by Crippen LogP contribution is 2.28. The third-order valence-corrected chi connectivity index (χ3v) is 5.58. The van der Waals surface area contributed by atoms with Crippen molar-refractivity contribution in [1.82, 2.24) is 0 Å². The van der Waals surface area contributed by atoms with Crippen molar-refractivity contribution in [2.24, 2.45) is 0 Å². The van der Waals surface area contributed by atoms with Crippen molar-refractivity contribution in [3.8, 4) is 5.75 Å². The highest BCUT2D eigenvalue weighted by atomic mass is 16.5. The number of fused-ring (bicyclic) bond motifs is 1. The molecule has 0 spiro atoms. The van der Waals surface area contributed by atoms with E-state index in [1.54, 1.807) is 47.4 Å². The third kappa shape index (κ3) is 5.09. The molecule has 0 heterocycles. The van der Waals surface area contributed by atoms with Gasteiger partial charge in [0.15, 0.2) is 0 Å². The fraction of sp³-hybridized carbons (Fsp3) is 0.172. The zero-order valence-electron chi connectivity index (χ0n) is 19.5. The molecular formula is C29H28N2O3. The van der Waals surface area contributed by atoms with E-state index < -0.39 is 0 Å². The molecule has 2 amide bonds. The molecule has 0 aromatic heterocycles. The average Bonchev–Trinajstić information content (AvgIpc) is 2.88. The summed E-state index contributed by atoms with van der Waals surface area (Å²) in [7, 11) is 0. The van der Waals surface area contributed by atoms with E-state index in [1.165, 1.54) is 0 Å². The lowest BCUT2D eigenvalue weighted by Gasteiger charge is -2.23. The molecule has 4 aromatic rings. The number of anilines is 2. The fourth-order valence-electron chi connectivity index (χ4n) is 3.87. The van der Waals surface area contributed by atoms with Crippen LogP contribution in [0.15, 0.2) is 91.0 Å². The van der Waals surface area contributed by atoms with Crippen LogP contribution in [0, 0.1) is 0 Å². The fourth-order valence-corrected chi connectivity index (χ4v) is 3.87. The Morgan fingerprint density at radius 1 is 0.824 bits per heavy atom. The van der Waals surface area contributed by atoms with Crippen LogP contribution < -0.4 is 15.0 Å². The van der Waals surface area contributed by atoms with E-state index in [2.05, 4.69) is 5.32 Å². The molecule has 0 saturated carbocycles. The molecule has 0 aliphatic rings. The van der Waals surface area contributed by atoms with Gasteiger partial charge >= 0.3 is 0 Å². The molecule has 0 atom stereocenters. The van der Waals surface area contributed by atoms with Gasteiger partial charge in [-0.15, -0.1) is 0 Å². The standard InChI is InChI=1S/C29H28N2O3/c1-3-19-34-25-12-7-11-23(20-25)28(32)30-24-17-15-22(16-18-24)29(33)31(4-2)27-14-8-10-21-9-5-6-13-26(21)27/h5-18,20H,3-4,19H2,1-2H3,(H,30,32). The second-order valence-corrected chi connectivity index (χ2v) is 7.96. The molecule has 1 N–H and O–H groups in total. The van der Waals surface area contributed by atoms with Crippen LogP contribution in [0.2, 0.25) is 0 Å². The highest BCUT2D eigenvalue weighted by molar-refractivity contribution is 6.11. The maximum atomic E-state index is 13.3. The van der Waals surface area contributed by atoms with Gasteiger partial charge in [0.05, 0.1) is 12.3 Å². The van der Waals surface area contributed by atoms with Crippen LogP contribution in [-0.4, -0.2) is 25.0 Å². The predicted octanol–water partition coefficient (Wildman–Crippen LogP) is 6.55. The van der Waals surface area contributed by atoms with E-state index >= 15 is 0 Å². The Hall–Kier alpha value is -4.12. The summed E-state index contributed by atoms with van der Waals surface area (Å²) in [5.41, 5.74) is 2.58. The van der Waals surface area contributed by atoms with Gasteiger partial charge in [-0.25, -0.2) is 0 Å². The summed E-state index contributed by atoms with van der Waals surface area (Å²) in [4.78, 5) is 27.8. The molecule has 0 fully saturated rings. The molecule has 5 heteroatoms. The first-order valence-electron chi connectivity index (χ1n) is 11.5. The Balaban J connectivity index is 1.49. The Kier molecular flexibility index (Phi) is 7.23. The quantitative estimate of drug-likeness (QED) is 0.330. The third-order valence-electron chi connectivity index (χ3n) is 5.58. The van der Waals surface area contributed by atoms with Crippen molar-refractivity contribution in [3.63, 3.8) is 0 Å². The molecule has 0 bridgehead atoms. The summed E-state index contributed by atoms with van der Waals surface area (Å²) in [5, 5.41) is 5.01. The molecule has 4 rings (SSSR count). The van der Waals surface area contributed by atoms with E-state index in [4.69, 9.17) is 4.74 Å². The van der Waals surface area contributed by atoms with Gasteiger partial charge < -0.3 is 15.0 Å². The van der Waals surface area contributed by atoms with Crippen LogP contribution in [0.3, 0.4) is 0 Å². The van der Waals surface area contributed by atoms with E-state index in [9.17, 15) is 9.59 Å². The number of hydrogen-bond donors (Lipinski definition) is 1. The van der Waals surface area contributed by atoms with Crippen LogP contribution in [0.4, 0.5) is 11.4 Å². The second kappa shape index (κ2) is 10.7. The number of carbonyl (C=O) groups excluding carboxylic acids is 2. The maximum absolute atomic E-state index is 13.3. The number of hydrogen-bond acceptors (Lipinski definition) is 3. The van der Waals surface area contributed by atoms with Gasteiger partial charge in [-0.2, -0.15) is 0 Å². The first-order chi connectivity index (χ1) is 16.6. The number of ether oxygens (including phenoxy) is 1. The largest absolute Gasteiger partial charge is 0.494 e. The summed E-state index contributed by atoms with van der Waals surface area (Å²) >= 11 is 0. The highest BCUT2D eigenvalue weighted by Gasteiger charge is 2.18. The number of nitrogens with zero attached hydrogens (tertiary/aromatic N) is 1. The first-order valence-corrected chi connectivity index (χ1v) is 11.5. The van der Waals surface area contributed by atoms with E-state index in [0.29, 0.717) is 35.7 Å². The molecule has 172 valence electrons. The van der Waals surface area contributed by atoms with Gasteiger partial charge in [-0.05, 0) is 67.3 Å². The Bertz CT molecular complexity index is 1290. The van der Waals surface area contributed by atoms with Crippen molar-refractivity contribution in [2.75, 3.05) is 23.4 Å². The van der Waals surface area contributed by atoms with E-state index in [0.717, 1.165) is 22.9 Å². The minimum Gasteiger partial charge on any atom is -0.494 e. The lowest BCUT2D eigenvalue weighted by Crippen LogP contribution is -2.30. The molecule has 0 aliphatic carbocycles. The summed E-state index contributed by atoms with van der Waals surface area (Å²) in [6, 6.07) is 28.1. The molecule has 34 heavy (non-hydrogen) atoms. The molecule has 0 aliphatic heterocycles. The van der Waals surface area contributed by atoms with Crippen molar-refractivity contribution in [1.29, 1.82) is 0 Å². The van der Waals surface area contributed by atoms with Crippen molar-refractivity contribution < 1.29 is 14.3 Å². The van der Waals surface area contributed by atoms with Gasteiger partial charge in [0, 0.05) is 28.7 Å². The van der Waals surface area contributed by atoms with Crippen LogP contribution >= 0.6 is 0 Å². The van der Waals surface area contributed by atoms with Gasteiger partial charge in [0.2, 0.25) is 0 Å². The summed E-state index contributed by atoms with van der Waals surface area (Å²) in [6.45, 7) is 5.15. The topological polar surface area (TPSA) is 58.6 Å². The maximum Gasteiger partial charge on any atom is 0.258 e. The van der Waals surface area contributed by atoms with Gasteiger partial charge in [-0.1, -0.05) is 49.4 Å².